The maximum Gasteiger partial charge on any atom is 0.326 e. The van der Waals surface area contributed by atoms with Gasteiger partial charge in [-0.2, -0.15) is 0 Å². The van der Waals surface area contributed by atoms with Crippen LogP contribution in [-0.4, -0.2) is 40.8 Å². The van der Waals surface area contributed by atoms with E-state index in [4.69, 9.17) is 15.9 Å². The monoisotopic (exact) mass is 270 g/mol. The van der Waals surface area contributed by atoms with Crippen LogP contribution in [0.2, 0.25) is 0 Å². The Kier molecular flexibility index (Phi) is 5.40. The second-order valence-corrected chi connectivity index (χ2v) is 4.02. The molecule has 1 rings (SSSR count). The second kappa shape index (κ2) is 6.81. The van der Waals surface area contributed by atoms with E-state index in [-0.39, 0.29) is 6.42 Å². The van der Waals surface area contributed by atoms with E-state index < -0.39 is 36.4 Å². The van der Waals surface area contributed by atoms with Crippen LogP contribution in [0.25, 0.3) is 0 Å². The summed E-state index contributed by atoms with van der Waals surface area (Å²) in [6.07, 6.45) is -0.000494. The SMILES string of the molecule is N[C@@H](CO)C(=O)NC(Cc1ccc(F)cc1)C(=O)O. The Labute approximate surface area is 109 Å². The fourth-order valence-corrected chi connectivity index (χ4v) is 1.42. The Morgan fingerprint density at radius 3 is 2.37 bits per heavy atom. The third kappa shape index (κ3) is 4.65. The number of halogens is 1. The smallest absolute Gasteiger partial charge is 0.326 e. The Morgan fingerprint density at radius 1 is 1.32 bits per heavy atom. The van der Waals surface area contributed by atoms with E-state index >= 15 is 0 Å². The molecule has 1 unspecified atom stereocenters. The minimum Gasteiger partial charge on any atom is -0.480 e. The lowest BCUT2D eigenvalue weighted by atomic mass is 10.1. The first-order valence-corrected chi connectivity index (χ1v) is 5.58. The van der Waals surface area contributed by atoms with Crippen molar-refractivity contribution in [3.8, 4) is 0 Å². The fraction of sp³-hybridized carbons (Fsp3) is 0.333. The third-order valence-corrected chi connectivity index (χ3v) is 2.50. The molecule has 104 valence electrons. The van der Waals surface area contributed by atoms with E-state index in [0.717, 1.165) is 0 Å². The summed E-state index contributed by atoms with van der Waals surface area (Å²) in [5, 5.41) is 19.9. The van der Waals surface area contributed by atoms with Crippen molar-refractivity contribution < 1.29 is 24.2 Å². The number of carbonyl (C=O) groups is 2. The number of aliphatic hydroxyl groups excluding tert-OH is 1. The number of rotatable bonds is 6. The van der Waals surface area contributed by atoms with Gasteiger partial charge >= 0.3 is 5.97 Å². The van der Waals surface area contributed by atoms with E-state index in [1.165, 1.54) is 24.3 Å². The molecule has 0 bridgehead atoms. The maximum absolute atomic E-state index is 12.7. The molecule has 1 amide bonds. The summed E-state index contributed by atoms with van der Waals surface area (Å²) in [5.41, 5.74) is 5.84. The van der Waals surface area contributed by atoms with Crippen LogP contribution in [0.15, 0.2) is 24.3 Å². The minimum atomic E-state index is -1.23. The van der Waals surface area contributed by atoms with Crippen LogP contribution in [0.3, 0.4) is 0 Å². The van der Waals surface area contributed by atoms with Crippen molar-refractivity contribution in [1.29, 1.82) is 0 Å². The van der Waals surface area contributed by atoms with Gasteiger partial charge in [0, 0.05) is 6.42 Å². The van der Waals surface area contributed by atoms with Gasteiger partial charge in [-0.15, -0.1) is 0 Å². The summed E-state index contributed by atoms with van der Waals surface area (Å²) in [6.45, 7) is -0.575. The zero-order valence-corrected chi connectivity index (χ0v) is 10.0. The van der Waals surface area contributed by atoms with Gasteiger partial charge in [-0.1, -0.05) is 12.1 Å². The molecule has 0 fully saturated rings. The summed E-state index contributed by atoms with van der Waals surface area (Å²) in [7, 11) is 0. The molecule has 0 aliphatic carbocycles. The quantitative estimate of drug-likeness (QED) is 0.543. The summed E-state index contributed by atoms with van der Waals surface area (Å²) in [5.74, 6) is -2.42. The van der Waals surface area contributed by atoms with Crippen molar-refractivity contribution in [3.63, 3.8) is 0 Å². The van der Waals surface area contributed by atoms with Gasteiger partial charge in [-0.25, -0.2) is 9.18 Å². The summed E-state index contributed by atoms with van der Waals surface area (Å²) in [6, 6.07) is 2.92. The van der Waals surface area contributed by atoms with E-state index in [0.29, 0.717) is 5.56 Å². The van der Waals surface area contributed by atoms with E-state index in [2.05, 4.69) is 5.32 Å². The van der Waals surface area contributed by atoms with Crippen LogP contribution < -0.4 is 11.1 Å². The maximum atomic E-state index is 12.7. The van der Waals surface area contributed by atoms with Gasteiger partial charge in [0.1, 0.15) is 17.9 Å². The first-order chi connectivity index (χ1) is 8.93. The molecule has 0 radical (unpaired) electrons. The second-order valence-electron chi connectivity index (χ2n) is 4.02. The lowest BCUT2D eigenvalue weighted by Crippen LogP contribution is -2.50. The average molecular weight is 270 g/mol. The van der Waals surface area contributed by atoms with Crippen molar-refractivity contribution in [2.45, 2.75) is 18.5 Å². The molecule has 0 aliphatic heterocycles. The van der Waals surface area contributed by atoms with Crippen LogP contribution in [0, 0.1) is 5.82 Å². The van der Waals surface area contributed by atoms with Crippen LogP contribution in [-0.2, 0) is 16.0 Å². The summed E-state index contributed by atoms with van der Waals surface area (Å²) in [4.78, 5) is 22.4. The molecule has 0 aromatic heterocycles. The number of aliphatic hydroxyl groups is 1. The Balaban J connectivity index is 2.71. The van der Waals surface area contributed by atoms with Crippen LogP contribution >= 0.6 is 0 Å². The molecule has 0 heterocycles. The number of hydrogen-bond donors (Lipinski definition) is 4. The van der Waals surface area contributed by atoms with Gasteiger partial charge in [-0.3, -0.25) is 4.79 Å². The van der Waals surface area contributed by atoms with E-state index in [1.54, 1.807) is 0 Å². The minimum absolute atomic E-state index is 0.000494. The number of nitrogens with two attached hydrogens (primary N) is 1. The lowest BCUT2D eigenvalue weighted by Gasteiger charge is -2.16. The molecule has 7 heteroatoms. The number of amides is 1. The van der Waals surface area contributed by atoms with E-state index in [9.17, 15) is 14.0 Å². The van der Waals surface area contributed by atoms with Crippen LogP contribution in [0.1, 0.15) is 5.56 Å². The van der Waals surface area contributed by atoms with Gasteiger partial charge < -0.3 is 21.3 Å². The predicted molar refractivity (Wildman–Crippen MR) is 64.7 cm³/mol. The topological polar surface area (TPSA) is 113 Å². The molecule has 0 saturated carbocycles. The molecule has 1 aromatic carbocycles. The third-order valence-electron chi connectivity index (χ3n) is 2.50. The van der Waals surface area contributed by atoms with Crippen molar-refractivity contribution in [2.24, 2.45) is 5.73 Å². The van der Waals surface area contributed by atoms with Crippen molar-refractivity contribution in [2.75, 3.05) is 6.61 Å². The zero-order valence-electron chi connectivity index (χ0n) is 10.0. The molecule has 0 spiro atoms. The molecule has 0 aliphatic rings. The number of hydrogen-bond acceptors (Lipinski definition) is 4. The summed E-state index contributed by atoms with van der Waals surface area (Å²) < 4.78 is 12.7. The average Bonchev–Trinajstić information content (AvgIpc) is 2.39. The summed E-state index contributed by atoms with van der Waals surface area (Å²) >= 11 is 0. The normalized spacial score (nSPS) is 13.6. The first-order valence-electron chi connectivity index (χ1n) is 5.58. The number of carboxylic acid groups (broad SMARTS) is 1. The molecule has 5 N–H and O–H groups in total. The van der Waals surface area contributed by atoms with Crippen LogP contribution in [0.4, 0.5) is 4.39 Å². The van der Waals surface area contributed by atoms with Crippen molar-refractivity contribution in [1.82, 2.24) is 5.32 Å². The fourth-order valence-electron chi connectivity index (χ4n) is 1.42. The van der Waals surface area contributed by atoms with Gasteiger partial charge in [0.25, 0.3) is 0 Å². The Hall–Kier alpha value is -1.99. The van der Waals surface area contributed by atoms with Gasteiger partial charge in [0.05, 0.1) is 6.61 Å². The lowest BCUT2D eigenvalue weighted by molar-refractivity contribution is -0.142. The number of nitrogens with one attached hydrogen (secondary N) is 1. The van der Waals surface area contributed by atoms with Crippen molar-refractivity contribution >= 4 is 11.9 Å². The van der Waals surface area contributed by atoms with Crippen molar-refractivity contribution in [3.05, 3.63) is 35.6 Å². The first kappa shape index (κ1) is 15.1. The Morgan fingerprint density at radius 2 is 1.89 bits per heavy atom. The molecule has 19 heavy (non-hydrogen) atoms. The molecule has 1 aromatic rings. The highest BCUT2D eigenvalue weighted by Crippen LogP contribution is 2.06. The van der Waals surface area contributed by atoms with Gasteiger partial charge in [0.2, 0.25) is 5.91 Å². The number of aliphatic carboxylic acids is 1. The number of benzene rings is 1. The molecule has 0 saturated heterocycles. The highest BCUT2D eigenvalue weighted by molar-refractivity contribution is 5.87. The number of carboxylic acids is 1. The predicted octanol–water partition coefficient (Wildman–Crippen LogP) is -0.743. The highest BCUT2D eigenvalue weighted by atomic mass is 19.1. The van der Waals surface area contributed by atoms with Crippen LogP contribution in [0.5, 0.6) is 0 Å². The molecular formula is C12H15FN2O4. The molecule has 6 nitrogen and oxygen atoms in total. The largest absolute Gasteiger partial charge is 0.480 e. The Bertz CT molecular complexity index is 450. The molecule has 2 atom stereocenters. The number of carbonyl (C=O) groups excluding carboxylic acids is 1. The molecular weight excluding hydrogens is 255 g/mol. The van der Waals surface area contributed by atoms with E-state index in [1.807, 2.05) is 0 Å². The standard InChI is InChI=1S/C12H15FN2O4/c13-8-3-1-7(2-4-8)5-10(12(18)19)15-11(17)9(14)6-16/h1-4,9-10,16H,5-6,14H2,(H,15,17)(H,18,19)/t9-,10?/m0/s1. The van der Waals surface area contributed by atoms with Gasteiger partial charge in [0.15, 0.2) is 0 Å². The van der Waals surface area contributed by atoms with Gasteiger partial charge in [-0.05, 0) is 17.7 Å². The highest BCUT2D eigenvalue weighted by Gasteiger charge is 2.23. The zero-order chi connectivity index (χ0) is 14.4.